The van der Waals surface area contributed by atoms with E-state index >= 15 is 0 Å². The number of aromatic nitrogens is 5. The molecule has 3 heterocycles. The zero-order valence-corrected chi connectivity index (χ0v) is 28.2. The molecule has 4 aromatic rings. The van der Waals surface area contributed by atoms with Gasteiger partial charge in [-0.05, 0) is 82.2 Å². The van der Waals surface area contributed by atoms with Gasteiger partial charge in [-0.1, -0.05) is 52.2 Å². The number of hydrogen-bond donors (Lipinski definition) is 0. The third-order valence-electron chi connectivity index (χ3n) is 9.28. The highest BCUT2D eigenvalue weighted by Crippen LogP contribution is 2.50. The first-order valence-electron chi connectivity index (χ1n) is 15.6. The topological polar surface area (TPSA) is 81.3 Å². The molecule has 0 N–H and O–H groups in total. The van der Waals surface area contributed by atoms with Gasteiger partial charge in [0, 0.05) is 50.2 Å². The number of halogens is 2. The average Bonchev–Trinajstić information content (AvgIpc) is 3.24. The summed E-state index contributed by atoms with van der Waals surface area (Å²) in [7, 11) is 3.71. The van der Waals surface area contributed by atoms with Crippen molar-refractivity contribution >= 4 is 29.1 Å². The van der Waals surface area contributed by atoms with Gasteiger partial charge in [0.1, 0.15) is 22.3 Å². The third-order valence-corrected chi connectivity index (χ3v) is 9.95. The zero-order valence-electron chi connectivity index (χ0n) is 26.7. The maximum absolute atomic E-state index is 13.6. The molecule has 11 heteroatoms. The van der Waals surface area contributed by atoms with Crippen molar-refractivity contribution in [3.8, 4) is 22.8 Å². The van der Waals surface area contributed by atoms with Crippen molar-refractivity contribution in [3.63, 3.8) is 0 Å². The predicted molar refractivity (Wildman–Crippen MR) is 177 cm³/mol. The third kappa shape index (κ3) is 7.05. The van der Waals surface area contributed by atoms with Crippen LogP contribution in [-0.4, -0.2) is 66.7 Å². The lowest BCUT2D eigenvalue weighted by Crippen LogP contribution is -2.39. The van der Waals surface area contributed by atoms with Crippen molar-refractivity contribution in [1.82, 2.24) is 34.6 Å². The summed E-state index contributed by atoms with van der Waals surface area (Å²) in [5.74, 6) is 1.61. The first-order chi connectivity index (χ1) is 21.5. The van der Waals surface area contributed by atoms with E-state index in [0.29, 0.717) is 34.9 Å². The molecule has 1 saturated heterocycles. The van der Waals surface area contributed by atoms with Gasteiger partial charge in [0.2, 0.25) is 5.91 Å². The number of ether oxygens (including phenoxy) is 1. The lowest BCUT2D eigenvalue weighted by Gasteiger charge is -2.30. The highest BCUT2D eigenvalue weighted by atomic mass is 35.5. The average molecular weight is 651 g/mol. The molecule has 1 aliphatic carbocycles. The number of benzene rings is 2. The molecule has 45 heavy (non-hydrogen) atoms. The van der Waals surface area contributed by atoms with Crippen LogP contribution in [0.1, 0.15) is 54.5 Å². The van der Waals surface area contributed by atoms with Crippen molar-refractivity contribution in [2.75, 3.05) is 20.1 Å². The Morgan fingerprint density at radius 3 is 2.62 bits per heavy atom. The van der Waals surface area contributed by atoms with E-state index in [-0.39, 0.29) is 11.3 Å². The van der Waals surface area contributed by atoms with Crippen molar-refractivity contribution in [2.45, 2.75) is 72.0 Å². The Morgan fingerprint density at radius 2 is 1.91 bits per heavy atom. The minimum atomic E-state index is 0.0279. The molecule has 1 atom stereocenters. The van der Waals surface area contributed by atoms with E-state index in [9.17, 15) is 4.79 Å². The summed E-state index contributed by atoms with van der Waals surface area (Å²) in [6.07, 6.45) is 6.90. The molecular weight excluding hydrogens is 609 g/mol. The molecule has 2 fully saturated rings. The van der Waals surface area contributed by atoms with Crippen LogP contribution in [0.5, 0.6) is 11.5 Å². The molecular formula is C34H41Cl2N7O2. The second-order valence-electron chi connectivity index (χ2n) is 13.0. The zero-order chi connectivity index (χ0) is 31.9. The molecule has 2 aromatic heterocycles. The molecule has 0 spiro atoms. The van der Waals surface area contributed by atoms with Crippen LogP contribution in [-0.2, 0) is 24.9 Å². The molecule has 238 valence electrons. The van der Waals surface area contributed by atoms with Crippen LogP contribution >= 0.6 is 23.2 Å². The van der Waals surface area contributed by atoms with Crippen LogP contribution in [0, 0.1) is 26.2 Å². The minimum absolute atomic E-state index is 0.0279. The van der Waals surface area contributed by atoms with Gasteiger partial charge in [0.15, 0.2) is 0 Å². The fourth-order valence-electron chi connectivity index (χ4n) is 6.53. The Morgan fingerprint density at radius 1 is 1.11 bits per heavy atom. The second-order valence-corrected chi connectivity index (χ2v) is 13.8. The summed E-state index contributed by atoms with van der Waals surface area (Å²) < 4.78 is 9.89. The summed E-state index contributed by atoms with van der Waals surface area (Å²) in [6, 6.07) is 12.1. The first-order valence-corrected chi connectivity index (χ1v) is 16.4. The second kappa shape index (κ2) is 12.8. The van der Waals surface area contributed by atoms with Crippen LogP contribution in [0.3, 0.4) is 0 Å². The van der Waals surface area contributed by atoms with E-state index in [1.54, 1.807) is 4.68 Å². The summed E-state index contributed by atoms with van der Waals surface area (Å²) in [6.45, 7) is 9.20. The Hall–Kier alpha value is -3.40. The van der Waals surface area contributed by atoms with Gasteiger partial charge in [-0.3, -0.25) is 19.1 Å². The molecule has 1 unspecified atom stereocenters. The van der Waals surface area contributed by atoms with Gasteiger partial charge >= 0.3 is 0 Å². The fourth-order valence-corrected chi connectivity index (χ4v) is 6.97. The smallest absolute Gasteiger partial charge is 0.223 e. The molecule has 1 saturated carbocycles. The molecule has 1 amide bonds. The summed E-state index contributed by atoms with van der Waals surface area (Å²) in [5.41, 5.74) is 5.60. The highest BCUT2D eigenvalue weighted by Gasteiger charge is 2.47. The molecule has 2 aromatic carbocycles. The summed E-state index contributed by atoms with van der Waals surface area (Å²) in [5, 5.41) is 14.4. The van der Waals surface area contributed by atoms with Crippen molar-refractivity contribution in [2.24, 2.45) is 12.5 Å². The molecule has 1 aliphatic heterocycles. The quantitative estimate of drug-likeness (QED) is 0.174. The van der Waals surface area contributed by atoms with Gasteiger partial charge in [0.25, 0.3) is 0 Å². The van der Waals surface area contributed by atoms with Crippen LogP contribution in [0.25, 0.3) is 11.3 Å². The van der Waals surface area contributed by atoms with Gasteiger partial charge < -0.3 is 9.64 Å². The number of carbonyl (C=O) groups excluding carboxylic acids is 1. The van der Waals surface area contributed by atoms with Crippen LogP contribution in [0.15, 0.2) is 42.6 Å². The number of aryl methyl sites for hydroxylation is 4. The number of hydrogen-bond acceptors (Lipinski definition) is 6. The molecule has 2 aliphatic rings. The fraction of sp³-hybridized carbons (Fsp3) is 0.471. The maximum atomic E-state index is 13.6. The number of carbonyl (C=O) groups is 1. The summed E-state index contributed by atoms with van der Waals surface area (Å²) >= 11 is 12.8. The van der Waals surface area contributed by atoms with Gasteiger partial charge in [0.05, 0.1) is 24.0 Å². The SMILES string of the molecule is Cc1ccc(Oc2cc(Cl)ccc2CN(C)C(=O)CC2(CN3CCCC3Cn3cc(-c4c(C)nn(C)c4Cl)nn3)CC2)c(C)c1. The number of rotatable bonds is 11. The van der Waals surface area contributed by atoms with Crippen LogP contribution in [0.4, 0.5) is 0 Å². The Kier molecular flexibility index (Phi) is 8.96. The van der Waals surface area contributed by atoms with Crippen LogP contribution in [0.2, 0.25) is 10.2 Å². The Bertz CT molecular complexity index is 1710. The van der Waals surface area contributed by atoms with Crippen molar-refractivity contribution < 1.29 is 9.53 Å². The monoisotopic (exact) mass is 649 g/mol. The Balaban J connectivity index is 1.07. The minimum Gasteiger partial charge on any atom is -0.457 e. The van der Waals surface area contributed by atoms with E-state index in [1.807, 2.05) is 74.1 Å². The maximum Gasteiger partial charge on any atom is 0.223 e. The lowest BCUT2D eigenvalue weighted by molar-refractivity contribution is -0.132. The number of amides is 1. The van der Waals surface area contributed by atoms with Crippen molar-refractivity contribution in [3.05, 3.63) is 75.2 Å². The van der Waals surface area contributed by atoms with E-state index in [2.05, 4.69) is 33.3 Å². The van der Waals surface area contributed by atoms with E-state index in [1.165, 1.54) is 5.56 Å². The van der Waals surface area contributed by atoms with Crippen LogP contribution < -0.4 is 4.74 Å². The molecule has 9 nitrogen and oxygen atoms in total. The molecule has 0 bridgehead atoms. The van der Waals surface area contributed by atoms with Gasteiger partial charge in [-0.15, -0.1) is 5.10 Å². The normalized spacial score (nSPS) is 17.5. The van der Waals surface area contributed by atoms with E-state index in [4.69, 9.17) is 27.9 Å². The van der Waals surface area contributed by atoms with Gasteiger partial charge in [-0.2, -0.15) is 5.10 Å². The lowest BCUT2D eigenvalue weighted by atomic mass is 10.00. The van der Waals surface area contributed by atoms with E-state index < -0.39 is 0 Å². The summed E-state index contributed by atoms with van der Waals surface area (Å²) in [4.78, 5) is 17.9. The molecule has 0 radical (unpaired) electrons. The number of likely N-dealkylation sites (tertiary alicyclic amines) is 1. The van der Waals surface area contributed by atoms with Gasteiger partial charge in [-0.25, -0.2) is 0 Å². The largest absolute Gasteiger partial charge is 0.457 e. The standard InChI is InChI=1S/C34H41Cl2N7O2/c1-22-8-11-29(23(2)15-22)45-30-16-26(35)10-9-25(30)18-40(4)31(44)17-34(12-13-34)21-42-14-6-7-27(42)19-43-20-28(37-39-43)32-24(3)38-41(5)33(32)36/h8-11,15-16,20,27H,6-7,12-14,17-19,21H2,1-5H3. The van der Waals surface area contributed by atoms with E-state index in [0.717, 1.165) is 79.1 Å². The number of nitrogens with zero attached hydrogens (tertiary/aromatic N) is 7. The predicted octanol–water partition coefficient (Wildman–Crippen LogP) is 7.00. The van der Waals surface area contributed by atoms with Crippen molar-refractivity contribution in [1.29, 1.82) is 0 Å². The molecule has 6 rings (SSSR count). The first kappa shape index (κ1) is 31.6. The highest BCUT2D eigenvalue weighted by molar-refractivity contribution is 6.32. The Labute approximate surface area is 275 Å².